The lowest BCUT2D eigenvalue weighted by Gasteiger charge is -2.12. The van der Waals surface area contributed by atoms with Crippen LogP contribution in [0, 0.1) is 6.92 Å². The highest BCUT2D eigenvalue weighted by Crippen LogP contribution is 2.25. The van der Waals surface area contributed by atoms with Crippen molar-refractivity contribution in [2.45, 2.75) is 33.2 Å². The van der Waals surface area contributed by atoms with Crippen molar-refractivity contribution >= 4 is 11.6 Å². The summed E-state index contributed by atoms with van der Waals surface area (Å²) in [6.45, 7) is 6.35. The molecule has 0 radical (unpaired) electrons. The molecule has 0 unspecified atom stereocenters. The fraction of sp³-hybridized carbons (Fsp3) is 0.200. The van der Waals surface area contributed by atoms with Crippen LogP contribution < -0.4 is 5.32 Å². The predicted molar refractivity (Wildman–Crippen MR) is 128 cm³/mol. The standard InChI is InChI=1S/C25H24N8O/c1-16(2)24-29-30-31-33(24)21-11-18(22-8-7-17(3)13-26-22)10-19(12-21)25(34)27-14-20-15-32-9-5-4-6-23(32)28-20/h4-13,15-16H,14H2,1-3H3,(H,27,34). The molecule has 0 aliphatic carbocycles. The van der Waals surface area contributed by atoms with Crippen molar-refractivity contribution in [3.63, 3.8) is 0 Å². The monoisotopic (exact) mass is 452 g/mol. The summed E-state index contributed by atoms with van der Waals surface area (Å²) in [5.41, 5.74) is 5.44. The Balaban J connectivity index is 1.49. The number of imidazole rings is 1. The van der Waals surface area contributed by atoms with Crippen molar-refractivity contribution in [3.05, 3.63) is 89.8 Å². The smallest absolute Gasteiger partial charge is 0.251 e. The number of amides is 1. The second kappa shape index (κ2) is 8.86. The molecular weight excluding hydrogens is 428 g/mol. The normalized spacial score (nSPS) is 11.3. The average molecular weight is 453 g/mol. The topological polar surface area (TPSA) is 103 Å². The number of fused-ring (bicyclic) bond motifs is 1. The molecule has 0 bridgehead atoms. The van der Waals surface area contributed by atoms with Gasteiger partial charge in [-0.2, -0.15) is 4.68 Å². The number of hydrogen-bond donors (Lipinski definition) is 1. The first-order valence-electron chi connectivity index (χ1n) is 11.1. The lowest BCUT2D eigenvalue weighted by Crippen LogP contribution is -2.23. The molecule has 170 valence electrons. The highest BCUT2D eigenvalue weighted by atomic mass is 16.1. The molecule has 9 nitrogen and oxygen atoms in total. The van der Waals surface area contributed by atoms with Gasteiger partial charge in [0.15, 0.2) is 5.82 Å². The van der Waals surface area contributed by atoms with E-state index in [0.717, 1.165) is 28.2 Å². The Hall–Kier alpha value is -4.40. The van der Waals surface area contributed by atoms with Gasteiger partial charge in [0.2, 0.25) is 0 Å². The molecule has 34 heavy (non-hydrogen) atoms. The fourth-order valence-electron chi connectivity index (χ4n) is 3.73. The van der Waals surface area contributed by atoms with Gasteiger partial charge in [-0.05, 0) is 59.3 Å². The van der Waals surface area contributed by atoms with Gasteiger partial charge in [-0.1, -0.05) is 26.0 Å². The third kappa shape index (κ3) is 4.27. The number of hydrogen-bond acceptors (Lipinski definition) is 6. The molecule has 0 saturated heterocycles. The van der Waals surface area contributed by atoms with Crippen LogP contribution >= 0.6 is 0 Å². The number of carbonyl (C=O) groups is 1. The number of carbonyl (C=O) groups excluding carboxylic acids is 1. The van der Waals surface area contributed by atoms with Crippen molar-refractivity contribution in [1.29, 1.82) is 0 Å². The van der Waals surface area contributed by atoms with Gasteiger partial charge in [0.25, 0.3) is 5.91 Å². The van der Waals surface area contributed by atoms with Gasteiger partial charge in [0, 0.05) is 35.6 Å². The van der Waals surface area contributed by atoms with Crippen LogP contribution in [-0.2, 0) is 6.54 Å². The number of pyridine rings is 2. The second-order valence-corrected chi connectivity index (χ2v) is 8.47. The lowest BCUT2D eigenvalue weighted by atomic mass is 10.0. The Morgan fingerprint density at radius 1 is 1.12 bits per heavy atom. The summed E-state index contributed by atoms with van der Waals surface area (Å²) in [7, 11) is 0. The first kappa shape index (κ1) is 21.4. The van der Waals surface area contributed by atoms with Crippen LogP contribution in [0.2, 0.25) is 0 Å². The minimum Gasteiger partial charge on any atom is -0.346 e. The van der Waals surface area contributed by atoms with Gasteiger partial charge in [-0.3, -0.25) is 9.78 Å². The molecule has 5 aromatic rings. The molecule has 1 aromatic carbocycles. The van der Waals surface area contributed by atoms with Crippen LogP contribution in [0.4, 0.5) is 0 Å². The van der Waals surface area contributed by atoms with Crippen molar-refractivity contribution < 1.29 is 4.79 Å². The third-order valence-electron chi connectivity index (χ3n) is 5.49. The van der Waals surface area contributed by atoms with E-state index in [1.54, 1.807) is 10.7 Å². The molecule has 0 fully saturated rings. The van der Waals surface area contributed by atoms with E-state index in [1.165, 1.54) is 0 Å². The molecule has 0 spiro atoms. The van der Waals surface area contributed by atoms with Gasteiger partial charge in [-0.15, -0.1) is 5.10 Å². The molecule has 4 aromatic heterocycles. The molecule has 4 heterocycles. The molecule has 1 N–H and O–H groups in total. The van der Waals surface area contributed by atoms with E-state index in [1.807, 2.05) is 86.2 Å². The second-order valence-electron chi connectivity index (χ2n) is 8.47. The van der Waals surface area contributed by atoms with E-state index in [0.29, 0.717) is 23.6 Å². The maximum Gasteiger partial charge on any atom is 0.251 e. The minimum absolute atomic E-state index is 0.114. The SMILES string of the molecule is Cc1ccc(-c2cc(C(=O)NCc3cn4ccccc4n3)cc(-n3nnnc3C(C)C)c2)nc1. The van der Waals surface area contributed by atoms with Crippen LogP contribution in [-0.4, -0.2) is 40.5 Å². The minimum atomic E-state index is -0.216. The number of aromatic nitrogens is 7. The van der Waals surface area contributed by atoms with Crippen molar-refractivity contribution in [2.75, 3.05) is 0 Å². The predicted octanol–water partition coefficient (Wildman–Crippen LogP) is 3.73. The van der Waals surface area contributed by atoms with E-state index in [-0.39, 0.29) is 11.8 Å². The quantitative estimate of drug-likeness (QED) is 0.421. The summed E-state index contributed by atoms with van der Waals surface area (Å²) < 4.78 is 3.59. The molecule has 0 saturated carbocycles. The largest absolute Gasteiger partial charge is 0.346 e. The zero-order valence-electron chi connectivity index (χ0n) is 19.2. The molecule has 0 aliphatic heterocycles. The van der Waals surface area contributed by atoms with Gasteiger partial charge >= 0.3 is 0 Å². The summed E-state index contributed by atoms with van der Waals surface area (Å²) in [6, 6.07) is 15.3. The first-order valence-corrected chi connectivity index (χ1v) is 11.1. The van der Waals surface area contributed by atoms with Crippen LogP contribution in [0.15, 0.2) is 67.1 Å². The Labute approximate surface area is 196 Å². The van der Waals surface area contributed by atoms with E-state index in [2.05, 4.69) is 30.8 Å². The summed E-state index contributed by atoms with van der Waals surface area (Å²) in [6.07, 6.45) is 5.64. The van der Waals surface area contributed by atoms with E-state index >= 15 is 0 Å². The zero-order valence-corrected chi connectivity index (χ0v) is 19.2. The Morgan fingerprint density at radius 2 is 2.00 bits per heavy atom. The molecule has 9 heteroatoms. The highest BCUT2D eigenvalue weighted by Gasteiger charge is 2.17. The van der Waals surface area contributed by atoms with Crippen LogP contribution in [0.1, 0.15) is 47.2 Å². The molecule has 5 rings (SSSR count). The lowest BCUT2D eigenvalue weighted by molar-refractivity contribution is 0.0950. The van der Waals surface area contributed by atoms with Gasteiger partial charge in [-0.25, -0.2) is 4.98 Å². The van der Waals surface area contributed by atoms with E-state index < -0.39 is 0 Å². The molecule has 0 atom stereocenters. The van der Waals surface area contributed by atoms with Crippen molar-refractivity contribution in [1.82, 2.24) is 39.9 Å². The Kier molecular flexibility index (Phi) is 5.59. The van der Waals surface area contributed by atoms with Crippen molar-refractivity contribution in [2.24, 2.45) is 0 Å². The molecule has 0 aliphatic rings. The summed E-state index contributed by atoms with van der Waals surface area (Å²) in [5.74, 6) is 0.611. The van der Waals surface area contributed by atoms with Crippen LogP contribution in [0.25, 0.3) is 22.6 Å². The van der Waals surface area contributed by atoms with Gasteiger partial charge in [0.05, 0.1) is 23.6 Å². The average Bonchev–Trinajstić information content (AvgIpc) is 3.50. The summed E-state index contributed by atoms with van der Waals surface area (Å²) >= 11 is 0. The van der Waals surface area contributed by atoms with Crippen molar-refractivity contribution in [3.8, 4) is 16.9 Å². The van der Waals surface area contributed by atoms with E-state index in [9.17, 15) is 4.79 Å². The zero-order chi connectivity index (χ0) is 23.7. The fourth-order valence-corrected chi connectivity index (χ4v) is 3.73. The third-order valence-corrected chi connectivity index (χ3v) is 5.49. The summed E-state index contributed by atoms with van der Waals surface area (Å²) in [4.78, 5) is 22.3. The maximum absolute atomic E-state index is 13.2. The number of nitrogens with one attached hydrogen (secondary N) is 1. The Morgan fingerprint density at radius 3 is 2.76 bits per heavy atom. The Bertz CT molecular complexity index is 1430. The number of nitrogens with zero attached hydrogens (tertiary/aromatic N) is 7. The van der Waals surface area contributed by atoms with E-state index in [4.69, 9.17) is 0 Å². The first-order chi connectivity index (χ1) is 16.5. The summed E-state index contributed by atoms with van der Waals surface area (Å²) in [5, 5.41) is 15.1. The molecular formula is C25H24N8O. The molecule has 1 amide bonds. The van der Waals surface area contributed by atoms with Crippen LogP contribution in [0.3, 0.4) is 0 Å². The van der Waals surface area contributed by atoms with Crippen LogP contribution in [0.5, 0.6) is 0 Å². The van der Waals surface area contributed by atoms with Gasteiger partial charge in [0.1, 0.15) is 5.65 Å². The van der Waals surface area contributed by atoms with Gasteiger partial charge < -0.3 is 9.72 Å². The number of tetrazole rings is 1. The number of aryl methyl sites for hydroxylation is 1. The highest BCUT2D eigenvalue weighted by molar-refractivity contribution is 5.96. The number of benzene rings is 1. The number of rotatable bonds is 6. The maximum atomic E-state index is 13.2.